The van der Waals surface area contributed by atoms with Crippen LogP contribution in [0.2, 0.25) is 18.1 Å². The van der Waals surface area contributed by atoms with Gasteiger partial charge in [-0.15, -0.1) is 0 Å². The van der Waals surface area contributed by atoms with Crippen LogP contribution in [0.25, 0.3) is 0 Å². The maximum absolute atomic E-state index is 12.5. The number of nitrogens with zero attached hydrogens (tertiary/aromatic N) is 1. The van der Waals surface area contributed by atoms with Crippen molar-refractivity contribution in [2.24, 2.45) is 0 Å². The number of carbonyl (C=O) groups excluding carboxylic acids is 2. The Kier molecular flexibility index (Phi) is 6.14. The van der Waals surface area contributed by atoms with Crippen molar-refractivity contribution in [2.75, 3.05) is 13.7 Å². The Morgan fingerprint density at radius 1 is 1.08 bits per heavy atom. The molecule has 2 atom stereocenters. The summed E-state index contributed by atoms with van der Waals surface area (Å²) in [5.74, 6) is -0.429. The van der Waals surface area contributed by atoms with E-state index in [1.54, 1.807) is 20.8 Å². The molecule has 24 heavy (non-hydrogen) atoms. The summed E-state index contributed by atoms with van der Waals surface area (Å²) in [4.78, 5) is 26.0. The molecule has 1 heterocycles. The van der Waals surface area contributed by atoms with Crippen LogP contribution in [0.15, 0.2) is 0 Å². The zero-order valence-electron chi connectivity index (χ0n) is 16.6. The van der Waals surface area contributed by atoms with Gasteiger partial charge in [-0.3, -0.25) is 4.90 Å². The molecule has 7 heteroatoms. The van der Waals surface area contributed by atoms with E-state index in [2.05, 4.69) is 33.9 Å². The van der Waals surface area contributed by atoms with Crippen molar-refractivity contribution in [2.45, 2.75) is 83.8 Å². The summed E-state index contributed by atoms with van der Waals surface area (Å²) in [5, 5.41) is 0.0626. The lowest BCUT2D eigenvalue weighted by atomic mass is 10.2. The van der Waals surface area contributed by atoms with E-state index < -0.39 is 32.0 Å². The van der Waals surface area contributed by atoms with Gasteiger partial charge in [0.1, 0.15) is 11.6 Å². The van der Waals surface area contributed by atoms with Gasteiger partial charge in [0.2, 0.25) is 0 Å². The van der Waals surface area contributed by atoms with Crippen LogP contribution in [-0.2, 0) is 18.7 Å². The van der Waals surface area contributed by atoms with Crippen molar-refractivity contribution in [3.05, 3.63) is 0 Å². The summed E-state index contributed by atoms with van der Waals surface area (Å²) in [6.45, 7) is 16.6. The number of methoxy groups -OCH3 is 1. The number of ether oxygens (including phenoxy) is 2. The summed E-state index contributed by atoms with van der Waals surface area (Å²) in [5.41, 5.74) is -0.615. The first-order valence-electron chi connectivity index (χ1n) is 8.43. The molecule has 0 bridgehead atoms. The van der Waals surface area contributed by atoms with E-state index in [0.29, 0.717) is 13.0 Å². The third-order valence-electron chi connectivity index (χ3n) is 4.63. The fraction of sp³-hybridized carbons (Fsp3) is 0.882. The van der Waals surface area contributed by atoms with Crippen LogP contribution in [0.4, 0.5) is 4.79 Å². The lowest BCUT2D eigenvalue weighted by Crippen LogP contribution is -2.45. The third-order valence-corrected chi connectivity index (χ3v) is 9.17. The molecule has 0 N–H and O–H groups in total. The first-order valence-corrected chi connectivity index (χ1v) is 11.3. The van der Waals surface area contributed by atoms with Crippen LogP contribution < -0.4 is 0 Å². The molecule has 1 aliphatic heterocycles. The molecule has 140 valence electrons. The standard InChI is InChI=1S/C17H33NO5Si/c1-16(2,3)22-15(20)18-11-12(10-13(18)14(19)21-7)23-24(8,9)17(4,5)6/h12-13H,10-11H2,1-9H3. The van der Waals surface area contributed by atoms with E-state index in [4.69, 9.17) is 13.9 Å². The SMILES string of the molecule is COC(=O)C1CC(O[Si](C)(C)C(C)(C)C)CN1C(=O)OC(C)(C)C. The minimum atomic E-state index is -1.99. The normalized spacial score (nSPS) is 22.5. The van der Waals surface area contributed by atoms with E-state index in [9.17, 15) is 9.59 Å². The first-order chi connectivity index (χ1) is 10.7. The molecule has 6 nitrogen and oxygen atoms in total. The van der Waals surface area contributed by atoms with Crippen LogP contribution in [0, 0.1) is 0 Å². The zero-order valence-corrected chi connectivity index (χ0v) is 17.6. The van der Waals surface area contributed by atoms with Crippen LogP contribution in [0.5, 0.6) is 0 Å². The highest BCUT2D eigenvalue weighted by molar-refractivity contribution is 6.74. The maximum Gasteiger partial charge on any atom is 0.411 e. The molecule has 1 aliphatic rings. The average Bonchev–Trinajstić information content (AvgIpc) is 2.77. The number of hydrogen-bond acceptors (Lipinski definition) is 5. The lowest BCUT2D eigenvalue weighted by Gasteiger charge is -2.38. The second kappa shape index (κ2) is 7.04. The predicted octanol–water partition coefficient (Wildman–Crippen LogP) is 3.56. The smallest absolute Gasteiger partial charge is 0.411 e. The third kappa shape index (κ3) is 5.21. The highest BCUT2D eigenvalue weighted by Gasteiger charge is 2.46. The summed E-state index contributed by atoms with van der Waals surface area (Å²) in [6.07, 6.45) is -0.236. The first kappa shape index (κ1) is 21.0. The molecule has 0 spiro atoms. The lowest BCUT2D eigenvalue weighted by molar-refractivity contribution is -0.145. The average molecular weight is 360 g/mol. The predicted molar refractivity (Wildman–Crippen MR) is 95.4 cm³/mol. The molecule has 0 aromatic carbocycles. The Bertz CT molecular complexity index is 478. The van der Waals surface area contributed by atoms with Crippen molar-refractivity contribution in [1.29, 1.82) is 0 Å². The van der Waals surface area contributed by atoms with Crippen molar-refractivity contribution in [1.82, 2.24) is 4.90 Å². The second-order valence-corrected chi connectivity index (χ2v) is 13.7. The van der Waals surface area contributed by atoms with Gasteiger partial charge in [-0.05, 0) is 38.9 Å². The van der Waals surface area contributed by atoms with Crippen molar-refractivity contribution >= 4 is 20.4 Å². The Hall–Kier alpha value is -1.08. The van der Waals surface area contributed by atoms with Gasteiger partial charge in [-0.25, -0.2) is 9.59 Å². The Balaban J connectivity index is 2.92. The molecule has 1 amide bonds. The highest BCUT2D eigenvalue weighted by Crippen LogP contribution is 2.39. The number of esters is 1. The number of hydrogen-bond donors (Lipinski definition) is 0. The topological polar surface area (TPSA) is 65.1 Å². The van der Waals surface area contributed by atoms with Crippen LogP contribution >= 0.6 is 0 Å². The summed E-state index contributed by atoms with van der Waals surface area (Å²) in [6, 6.07) is -0.653. The number of amides is 1. The maximum atomic E-state index is 12.5. The van der Waals surface area contributed by atoms with E-state index in [1.807, 2.05) is 0 Å². The zero-order chi connectivity index (χ0) is 18.9. The molecule has 1 rings (SSSR count). The summed E-state index contributed by atoms with van der Waals surface area (Å²) in [7, 11) is -0.656. The van der Waals surface area contributed by atoms with E-state index >= 15 is 0 Å². The molecule has 0 saturated carbocycles. The quantitative estimate of drug-likeness (QED) is 0.569. The van der Waals surface area contributed by atoms with E-state index in [1.165, 1.54) is 12.0 Å². The van der Waals surface area contributed by atoms with Crippen molar-refractivity contribution in [3.8, 4) is 0 Å². The Labute approximate surface area is 147 Å². The molecule has 1 fully saturated rings. The molecule has 0 aromatic rings. The number of rotatable bonds is 3. The molecule has 0 aromatic heterocycles. The van der Waals surface area contributed by atoms with Gasteiger partial charge in [0.05, 0.1) is 13.2 Å². The monoisotopic (exact) mass is 359 g/mol. The fourth-order valence-electron chi connectivity index (χ4n) is 2.36. The Morgan fingerprint density at radius 2 is 1.62 bits per heavy atom. The molecular formula is C17H33NO5Si. The van der Waals surface area contributed by atoms with Crippen LogP contribution in [0.1, 0.15) is 48.0 Å². The van der Waals surface area contributed by atoms with Crippen molar-refractivity contribution < 1.29 is 23.5 Å². The molecule has 2 unspecified atom stereocenters. The summed E-state index contributed by atoms with van der Waals surface area (Å²) >= 11 is 0. The van der Waals surface area contributed by atoms with Crippen LogP contribution in [-0.4, -0.2) is 56.7 Å². The van der Waals surface area contributed by atoms with Crippen LogP contribution in [0.3, 0.4) is 0 Å². The largest absolute Gasteiger partial charge is 0.467 e. The minimum Gasteiger partial charge on any atom is -0.467 e. The number of carbonyl (C=O) groups is 2. The Morgan fingerprint density at radius 3 is 2.04 bits per heavy atom. The van der Waals surface area contributed by atoms with Gasteiger partial charge >= 0.3 is 12.1 Å². The minimum absolute atomic E-state index is 0.0626. The molecule has 0 radical (unpaired) electrons. The highest BCUT2D eigenvalue weighted by atomic mass is 28.4. The van der Waals surface area contributed by atoms with E-state index in [-0.39, 0.29) is 11.1 Å². The van der Waals surface area contributed by atoms with Gasteiger partial charge < -0.3 is 13.9 Å². The molecular weight excluding hydrogens is 326 g/mol. The number of likely N-dealkylation sites (tertiary alicyclic amines) is 1. The van der Waals surface area contributed by atoms with E-state index in [0.717, 1.165) is 0 Å². The van der Waals surface area contributed by atoms with Gasteiger partial charge in [0, 0.05) is 13.0 Å². The molecule has 0 aliphatic carbocycles. The van der Waals surface area contributed by atoms with Gasteiger partial charge in [0.25, 0.3) is 0 Å². The van der Waals surface area contributed by atoms with Gasteiger partial charge in [-0.1, -0.05) is 20.8 Å². The van der Waals surface area contributed by atoms with Crippen molar-refractivity contribution in [3.63, 3.8) is 0 Å². The summed E-state index contributed by atoms with van der Waals surface area (Å²) < 4.78 is 16.7. The van der Waals surface area contributed by atoms with Gasteiger partial charge in [0.15, 0.2) is 8.32 Å². The molecule has 1 saturated heterocycles. The fourth-order valence-corrected chi connectivity index (χ4v) is 3.72. The second-order valence-electron chi connectivity index (χ2n) is 8.91. The van der Waals surface area contributed by atoms with Gasteiger partial charge in [-0.2, -0.15) is 0 Å².